The molecule has 0 spiro atoms. The number of hydrogen-bond acceptors (Lipinski definition) is 5. The maximum absolute atomic E-state index is 13.2. The number of sulfone groups is 1. The fraction of sp³-hybridized carbons (Fsp3) is 0.286. The van der Waals surface area contributed by atoms with Gasteiger partial charge in [-0.05, 0) is 73.0 Å². The summed E-state index contributed by atoms with van der Waals surface area (Å²) in [5.41, 5.74) is 4.54. The zero-order valence-corrected chi connectivity index (χ0v) is 22.3. The van der Waals surface area contributed by atoms with Gasteiger partial charge in [-0.15, -0.1) is 12.4 Å². The Morgan fingerprint density at radius 1 is 0.946 bits per heavy atom. The van der Waals surface area contributed by atoms with Crippen molar-refractivity contribution in [2.45, 2.75) is 30.7 Å². The fourth-order valence-electron chi connectivity index (χ4n) is 4.92. The minimum atomic E-state index is -3.68. The van der Waals surface area contributed by atoms with Crippen LogP contribution in [0.5, 0.6) is 0 Å². The summed E-state index contributed by atoms with van der Waals surface area (Å²) in [6.07, 6.45) is 3.63. The highest BCUT2D eigenvalue weighted by molar-refractivity contribution is 7.92. The Morgan fingerprint density at radius 3 is 2.41 bits per heavy atom. The summed E-state index contributed by atoms with van der Waals surface area (Å²) in [5.74, 6) is -1.33. The van der Waals surface area contributed by atoms with Crippen molar-refractivity contribution in [1.29, 1.82) is 0 Å². The molecule has 2 aliphatic rings. The van der Waals surface area contributed by atoms with Gasteiger partial charge >= 0.3 is 0 Å². The van der Waals surface area contributed by atoms with Crippen molar-refractivity contribution in [2.75, 3.05) is 36.1 Å². The van der Waals surface area contributed by atoms with Gasteiger partial charge in [0.2, 0.25) is 5.91 Å². The van der Waals surface area contributed by atoms with E-state index in [0.29, 0.717) is 11.3 Å². The summed E-state index contributed by atoms with van der Waals surface area (Å²) in [6.45, 7) is 2.87. The van der Waals surface area contributed by atoms with Gasteiger partial charge in [0.25, 0.3) is 5.91 Å². The minimum absolute atomic E-state index is 0. The first-order valence-corrected chi connectivity index (χ1v) is 13.8. The van der Waals surface area contributed by atoms with Crippen LogP contribution in [0.25, 0.3) is 11.1 Å². The number of rotatable bonds is 5. The van der Waals surface area contributed by atoms with Gasteiger partial charge in [-0.2, -0.15) is 0 Å². The van der Waals surface area contributed by atoms with Gasteiger partial charge in [0, 0.05) is 24.8 Å². The third kappa shape index (κ3) is 5.71. The van der Waals surface area contributed by atoms with E-state index in [2.05, 4.69) is 22.3 Å². The second-order valence-corrected chi connectivity index (χ2v) is 11.4. The second kappa shape index (κ2) is 11.0. The van der Waals surface area contributed by atoms with Crippen molar-refractivity contribution in [3.63, 3.8) is 0 Å². The molecule has 9 heteroatoms. The molecule has 0 radical (unpaired) electrons. The van der Waals surface area contributed by atoms with Gasteiger partial charge in [0.05, 0.1) is 10.6 Å². The molecule has 0 saturated carbocycles. The molecule has 1 fully saturated rings. The Hall–Kier alpha value is -3.20. The Bertz CT molecular complexity index is 1420. The molecule has 0 atom stereocenters. The van der Waals surface area contributed by atoms with Gasteiger partial charge in [-0.1, -0.05) is 42.8 Å². The SMILES string of the molecule is CN1C(=O)CS(=O)(=O)c2ccc(NC(=O)c3ccc(-c4ccccc4)c(CN4CCCCC4)c3)cc21.Cl. The van der Waals surface area contributed by atoms with Crippen LogP contribution in [0.3, 0.4) is 0 Å². The van der Waals surface area contributed by atoms with Gasteiger partial charge in [-0.3, -0.25) is 14.5 Å². The number of anilines is 2. The molecular weight excluding hydrogens is 510 g/mol. The standard InChI is InChI=1S/C28H29N3O4S.ClH/c1-30-25-17-23(11-13-26(25)36(34,35)19-27(30)32)29-28(33)21-10-12-24(20-8-4-2-5-9-20)22(16-21)18-31-14-6-3-7-15-31;/h2,4-5,8-13,16-17H,3,6-7,14-15,18-19H2,1H3,(H,29,33);1H. The molecule has 3 aromatic rings. The summed E-state index contributed by atoms with van der Waals surface area (Å²) in [7, 11) is -2.14. The van der Waals surface area contributed by atoms with Crippen LogP contribution < -0.4 is 10.2 Å². The van der Waals surface area contributed by atoms with Crippen molar-refractivity contribution in [3.8, 4) is 11.1 Å². The predicted molar refractivity (Wildman–Crippen MR) is 148 cm³/mol. The number of piperidine rings is 1. The molecule has 7 nitrogen and oxygen atoms in total. The lowest BCUT2D eigenvalue weighted by Crippen LogP contribution is -2.38. The first-order valence-electron chi connectivity index (χ1n) is 12.2. The first-order chi connectivity index (χ1) is 17.3. The summed E-state index contributed by atoms with van der Waals surface area (Å²) in [6, 6.07) is 20.5. The van der Waals surface area contributed by atoms with Crippen LogP contribution in [0.1, 0.15) is 35.2 Å². The molecular formula is C28H30ClN3O4S. The van der Waals surface area contributed by atoms with Crippen molar-refractivity contribution in [3.05, 3.63) is 77.9 Å². The van der Waals surface area contributed by atoms with E-state index in [4.69, 9.17) is 0 Å². The molecule has 2 heterocycles. The zero-order valence-electron chi connectivity index (χ0n) is 20.6. The average Bonchev–Trinajstić information content (AvgIpc) is 2.88. The second-order valence-electron chi connectivity index (χ2n) is 9.42. The van der Waals surface area contributed by atoms with Gasteiger partial charge in [0.15, 0.2) is 9.84 Å². The zero-order chi connectivity index (χ0) is 25.3. The molecule has 0 unspecified atom stereocenters. The lowest BCUT2D eigenvalue weighted by molar-refractivity contribution is -0.116. The number of likely N-dealkylation sites (tertiary alicyclic amines) is 1. The van der Waals surface area contributed by atoms with Crippen LogP contribution in [0.2, 0.25) is 0 Å². The van der Waals surface area contributed by atoms with Crippen LogP contribution in [0, 0.1) is 0 Å². The molecule has 0 aromatic heterocycles. The van der Waals surface area contributed by atoms with Crippen LogP contribution in [-0.4, -0.2) is 51.0 Å². The van der Waals surface area contributed by atoms with Gasteiger partial charge in [0.1, 0.15) is 5.75 Å². The Labute approximate surface area is 223 Å². The number of halogens is 1. The van der Waals surface area contributed by atoms with Crippen molar-refractivity contribution in [2.24, 2.45) is 0 Å². The average molecular weight is 540 g/mol. The van der Waals surface area contributed by atoms with Crippen molar-refractivity contribution >= 4 is 45.4 Å². The molecule has 3 aromatic carbocycles. The molecule has 37 heavy (non-hydrogen) atoms. The largest absolute Gasteiger partial charge is 0.322 e. The lowest BCUT2D eigenvalue weighted by atomic mass is 9.96. The molecule has 1 N–H and O–H groups in total. The monoisotopic (exact) mass is 539 g/mol. The summed E-state index contributed by atoms with van der Waals surface area (Å²) in [5, 5.41) is 2.88. The maximum atomic E-state index is 13.2. The van der Waals surface area contributed by atoms with E-state index < -0.39 is 21.5 Å². The highest BCUT2D eigenvalue weighted by Gasteiger charge is 2.33. The smallest absolute Gasteiger partial charge is 0.255 e. The molecule has 2 amide bonds. The van der Waals surface area contributed by atoms with E-state index in [9.17, 15) is 18.0 Å². The normalized spacial score (nSPS) is 17.0. The fourth-order valence-corrected chi connectivity index (χ4v) is 6.38. The molecule has 0 aliphatic carbocycles. The third-order valence-electron chi connectivity index (χ3n) is 6.90. The van der Waals surface area contributed by atoms with E-state index in [0.717, 1.165) is 36.3 Å². The Kier molecular flexibility index (Phi) is 8.02. The number of nitrogens with zero attached hydrogens (tertiary/aromatic N) is 2. The van der Waals surface area contributed by atoms with E-state index in [-0.39, 0.29) is 28.9 Å². The number of nitrogens with one attached hydrogen (secondary N) is 1. The number of carbonyl (C=O) groups excluding carboxylic acids is 2. The van der Waals surface area contributed by atoms with Crippen molar-refractivity contribution in [1.82, 2.24) is 4.90 Å². The first kappa shape index (κ1) is 26.9. The summed E-state index contributed by atoms with van der Waals surface area (Å²) >= 11 is 0. The Balaban J connectivity index is 0.00000320. The Morgan fingerprint density at radius 2 is 1.68 bits per heavy atom. The number of benzene rings is 3. The van der Waals surface area contributed by atoms with Crippen LogP contribution in [0.15, 0.2) is 71.6 Å². The molecule has 2 aliphatic heterocycles. The van der Waals surface area contributed by atoms with Crippen molar-refractivity contribution < 1.29 is 18.0 Å². The van der Waals surface area contributed by atoms with Gasteiger partial charge < -0.3 is 10.2 Å². The topological polar surface area (TPSA) is 86.8 Å². The number of amides is 2. The maximum Gasteiger partial charge on any atom is 0.255 e. The van der Waals surface area contributed by atoms with E-state index in [1.165, 1.54) is 43.3 Å². The van der Waals surface area contributed by atoms with E-state index >= 15 is 0 Å². The number of fused-ring (bicyclic) bond motifs is 1. The van der Waals surface area contributed by atoms with E-state index in [1.807, 2.05) is 36.4 Å². The lowest BCUT2D eigenvalue weighted by Gasteiger charge is -2.27. The number of carbonyl (C=O) groups is 2. The van der Waals surface area contributed by atoms with Gasteiger partial charge in [-0.25, -0.2) is 8.42 Å². The van der Waals surface area contributed by atoms with Crippen LogP contribution in [0.4, 0.5) is 11.4 Å². The number of hydrogen-bond donors (Lipinski definition) is 1. The summed E-state index contributed by atoms with van der Waals surface area (Å²) < 4.78 is 24.8. The van der Waals surface area contributed by atoms with E-state index in [1.54, 1.807) is 6.07 Å². The molecule has 5 rings (SSSR count). The highest BCUT2D eigenvalue weighted by Crippen LogP contribution is 2.33. The predicted octanol–water partition coefficient (Wildman–Crippen LogP) is 4.76. The molecule has 194 valence electrons. The minimum Gasteiger partial charge on any atom is -0.322 e. The van der Waals surface area contributed by atoms with Crippen LogP contribution in [-0.2, 0) is 21.2 Å². The molecule has 0 bridgehead atoms. The molecule has 1 saturated heterocycles. The highest BCUT2D eigenvalue weighted by atomic mass is 35.5. The van der Waals surface area contributed by atoms with Crippen LogP contribution >= 0.6 is 12.4 Å². The summed E-state index contributed by atoms with van der Waals surface area (Å²) in [4.78, 5) is 29.2. The quantitative estimate of drug-likeness (QED) is 0.505. The third-order valence-corrected chi connectivity index (χ3v) is 8.54.